The first kappa shape index (κ1) is 27.2. The van der Waals surface area contributed by atoms with Crippen molar-refractivity contribution in [3.63, 3.8) is 0 Å². The summed E-state index contributed by atoms with van der Waals surface area (Å²) >= 11 is 0. The lowest BCUT2D eigenvalue weighted by atomic mass is 9.96. The Kier molecular flexibility index (Phi) is 8.06. The summed E-state index contributed by atoms with van der Waals surface area (Å²) in [5, 5.41) is 2.82. The second kappa shape index (κ2) is 11.3. The number of ether oxygens (including phenoxy) is 1. The van der Waals surface area contributed by atoms with E-state index in [4.69, 9.17) is 4.74 Å². The molecule has 1 heterocycles. The van der Waals surface area contributed by atoms with Crippen molar-refractivity contribution in [1.29, 1.82) is 0 Å². The molecule has 2 atom stereocenters. The molecular formula is C29H33N3O5S. The number of hydrogen-bond donors (Lipinski definition) is 2. The van der Waals surface area contributed by atoms with Gasteiger partial charge in [0.15, 0.2) is 0 Å². The van der Waals surface area contributed by atoms with Crippen LogP contribution in [0.2, 0.25) is 0 Å². The molecule has 2 amide bonds. The molecule has 1 aliphatic heterocycles. The molecule has 0 unspecified atom stereocenters. The molecule has 4 rings (SSSR count). The molecule has 0 aromatic heterocycles. The van der Waals surface area contributed by atoms with E-state index >= 15 is 0 Å². The fraction of sp³-hybridized carbons (Fsp3) is 0.310. The predicted molar refractivity (Wildman–Crippen MR) is 149 cm³/mol. The average Bonchev–Trinajstić information content (AvgIpc) is 3.31. The van der Waals surface area contributed by atoms with Crippen LogP contribution in [0.1, 0.15) is 43.7 Å². The SMILES string of the molecule is CC[C@@H](C)c1ccccc1N1C[C@@H](C(=O)Nc2ccc(C)c(S(=O)(=O)Nc3ccc(OC)cc3)c2)CC1=O. The Labute approximate surface area is 224 Å². The van der Waals surface area contributed by atoms with Gasteiger partial charge in [0.25, 0.3) is 10.0 Å². The van der Waals surface area contributed by atoms with Crippen LogP contribution in [0.25, 0.3) is 0 Å². The first-order chi connectivity index (χ1) is 18.1. The summed E-state index contributed by atoms with van der Waals surface area (Å²) in [5.74, 6) is -0.0762. The summed E-state index contributed by atoms with van der Waals surface area (Å²) in [5.41, 5.74) is 3.20. The molecule has 8 nitrogen and oxygen atoms in total. The predicted octanol–water partition coefficient (Wildman–Crippen LogP) is 5.31. The third kappa shape index (κ3) is 5.83. The van der Waals surface area contributed by atoms with Crippen molar-refractivity contribution in [3.05, 3.63) is 77.9 Å². The number of carbonyl (C=O) groups excluding carboxylic acids is 2. The van der Waals surface area contributed by atoms with Gasteiger partial charge < -0.3 is 15.0 Å². The van der Waals surface area contributed by atoms with Gasteiger partial charge in [-0.1, -0.05) is 38.1 Å². The summed E-state index contributed by atoms with van der Waals surface area (Å²) < 4.78 is 33.9. The molecule has 2 N–H and O–H groups in total. The third-order valence-corrected chi connectivity index (χ3v) is 8.48. The summed E-state index contributed by atoms with van der Waals surface area (Å²) in [6, 6.07) is 19.1. The Morgan fingerprint density at radius 1 is 1.08 bits per heavy atom. The van der Waals surface area contributed by atoms with E-state index in [0.29, 0.717) is 22.7 Å². The number of rotatable bonds is 9. The maximum absolute atomic E-state index is 13.1. The van der Waals surface area contributed by atoms with Crippen molar-refractivity contribution < 1.29 is 22.7 Å². The average molecular weight is 536 g/mol. The standard InChI is InChI=1S/C29H33N3O5S/c1-5-19(2)25-8-6-7-9-26(25)32-18-21(16-28(32)33)29(34)30-23-11-10-20(3)27(17-23)38(35,36)31-22-12-14-24(37-4)15-13-22/h6-15,17,19,21,31H,5,16,18H2,1-4H3,(H,30,34)/t19-,21+/m1/s1. The van der Waals surface area contributed by atoms with E-state index in [1.165, 1.54) is 13.2 Å². The van der Waals surface area contributed by atoms with Crippen LogP contribution in [0.3, 0.4) is 0 Å². The quantitative estimate of drug-likeness (QED) is 0.386. The summed E-state index contributed by atoms with van der Waals surface area (Å²) in [6.45, 7) is 6.19. The number of hydrogen-bond acceptors (Lipinski definition) is 5. The van der Waals surface area contributed by atoms with E-state index in [1.54, 1.807) is 48.2 Å². The van der Waals surface area contributed by atoms with Gasteiger partial charge in [-0.25, -0.2) is 8.42 Å². The third-order valence-electron chi connectivity index (χ3n) is 6.95. The van der Waals surface area contributed by atoms with Gasteiger partial charge in [-0.3, -0.25) is 14.3 Å². The normalized spacial score (nSPS) is 16.3. The van der Waals surface area contributed by atoms with E-state index in [-0.39, 0.29) is 35.6 Å². The van der Waals surface area contributed by atoms with Crippen LogP contribution < -0.4 is 19.7 Å². The van der Waals surface area contributed by atoms with Crippen LogP contribution in [0.5, 0.6) is 5.75 Å². The van der Waals surface area contributed by atoms with E-state index < -0.39 is 15.9 Å². The van der Waals surface area contributed by atoms with E-state index in [2.05, 4.69) is 23.9 Å². The zero-order chi connectivity index (χ0) is 27.4. The van der Waals surface area contributed by atoms with Crippen LogP contribution in [0, 0.1) is 12.8 Å². The van der Waals surface area contributed by atoms with E-state index in [1.807, 2.05) is 24.3 Å². The highest BCUT2D eigenvalue weighted by Crippen LogP contribution is 2.34. The monoisotopic (exact) mass is 535 g/mol. The minimum absolute atomic E-state index is 0.0534. The minimum Gasteiger partial charge on any atom is -0.497 e. The number of para-hydroxylation sites is 1. The Morgan fingerprint density at radius 3 is 2.45 bits per heavy atom. The van der Waals surface area contributed by atoms with E-state index in [9.17, 15) is 18.0 Å². The highest BCUT2D eigenvalue weighted by molar-refractivity contribution is 7.92. The molecular weight excluding hydrogens is 502 g/mol. The van der Waals surface area contributed by atoms with Gasteiger partial charge >= 0.3 is 0 Å². The number of nitrogens with one attached hydrogen (secondary N) is 2. The molecule has 0 spiro atoms. The molecule has 1 fully saturated rings. The van der Waals surface area contributed by atoms with Crippen molar-refractivity contribution in [2.45, 2.75) is 44.4 Å². The number of methoxy groups -OCH3 is 1. The molecule has 0 bridgehead atoms. The van der Waals surface area contributed by atoms with Gasteiger partial charge in [0.2, 0.25) is 11.8 Å². The minimum atomic E-state index is -3.91. The largest absolute Gasteiger partial charge is 0.497 e. The number of nitrogens with zero attached hydrogens (tertiary/aromatic N) is 1. The molecule has 0 aliphatic carbocycles. The van der Waals surface area contributed by atoms with E-state index in [0.717, 1.165) is 17.7 Å². The van der Waals surface area contributed by atoms with Crippen LogP contribution in [-0.4, -0.2) is 33.9 Å². The number of benzene rings is 3. The van der Waals surface area contributed by atoms with Crippen molar-refractivity contribution in [3.8, 4) is 5.75 Å². The van der Waals surface area contributed by atoms with Crippen molar-refractivity contribution >= 4 is 38.9 Å². The Balaban J connectivity index is 1.49. The number of anilines is 3. The Hall–Kier alpha value is -3.85. The van der Waals surface area contributed by atoms with Gasteiger partial charge in [0.05, 0.1) is 17.9 Å². The highest BCUT2D eigenvalue weighted by atomic mass is 32.2. The number of aryl methyl sites for hydroxylation is 1. The maximum atomic E-state index is 13.1. The maximum Gasteiger partial charge on any atom is 0.262 e. The summed E-state index contributed by atoms with van der Waals surface area (Å²) in [6.07, 6.45) is 1.03. The lowest BCUT2D eigenvalue weighted by Gasteiger charge is -2.23. The molecule has 3 aromatic rings. The van der Waals surface area contributed by atoms with Crippen molar-refractivity contribution in [1.82, 2.24) is 0 Å². The number of sulfonamides is 1. The molecule has 1 saturated heterocycles. The van der Waals surface area contributed by atoms with Crippen LogP contribution in [0.4, 0.5) is 17.1 Å². The number of carbonyl (C=O) groups is 2. The van der Waals surface area contributed by atoms with Gasteiger partial charge in [0.1, 0.15) is 5.75 Å². The molecule has 1 aliphatic rings. The van der Waals surface area contributed by atoms with Crippen LogP contribution in [-0.2, 0) is 19.6 Å². The highest BCUT2D eigenvalue weighted by Gasteiger charge is 2.36. The zero-order valence-corrected chi connectivity index (χ0v) is 22.8. The summed E-state index contributed by atoms with van der Waals surface area (Å²) in [4.78, 5) is 27.8. The van der Waals surface area contributed by atoms with Crippen LogP contribution in [0.15, 0.2) is 71.6 Å². The number of amides is 2. The molecule has 0 radical (unpaired) electrons. The van der Waals surface area contributed by atoms with Crippen molar-refractivity contribution in [2.75, 3.05) is 28.6 Å². The Morgan fingerprint density at radius 2 is 1.76 bits per heavy atom. The fourth-order valence-corrected chi connectivity index (χ4v) is 5.90. The fourth-order valence-electron chi connectivity index (χ4n) is 4.57. The second-order valence-electron chi connectivity index (χ2n) is 9.58. The molecule has 38 heavy (non-hydrogen) atoms. The van der Waals surface area contributed by atoms with Gasteiger partial charge in [-0.15, -0.1) is 0 Å². The smallest absolute Gasteiger partial charge is 0.262 e. The molecule has 200 valence electrons. The lowest BCUT2D eigenvalue weighted by molar-refractivity contribution is -0.122. The Bertz CT molecular complexity index is 1440. The topological polar surface area (TPSA) is 105 Å². The molecule has 9 heteroatoms. The van der Waals surface area contributed by atoms with Gasteiger partial charge in [0, 0.05) is 30.0 Å². The zero-order valence-electron chi connectivity index (χ0n) is 22.0. The lowest BCUT2D eigenvalue weighted by Crippen LogP contribution is -2.29. The summed E-state index contributed by atoms with van der Waals surface area (Å²) in [7, 11) is -2.38. The van der Waals surface area contributed by atoms with Crippen molar-refractivity contribution in [2.24, 2.45) is 5.92 Å². The van der Waals surface area contributed by atoms with Gasteiger partial charge in [-0.05, 0) is 72.9 Å². The van der Waals surface area contributed by atoms with Gasteiger partial charge in [-0.2, -0.15) is 0 Å². The first-order valence-corrected chi connectivity index (χ1v) is 14.1. The second-order valence-corrected chi connectivity index (χ2v) is 11.2. The molecule has 3 aromatic carbocycles. The first-order valence-electron chi connectivity index (χ1n) is 12.6. The van der Waals surface area contributed by atoms with Crippen LogP contribution >= 0.6 is 0 Å². The molecule has 0 saturated carbocycles.